The van der Waals surface area contributed by atoms with Crippen LogP contribution in [0.15, 0.2) is 39.2 Å². The predicted octanol–water partition coefficient (Wildman–Crippen LogP) is 3.68. The number of benzene rings is 1. The maximum Gasteiger partial charge on any atom is 0.324 e. The summed E-state index contributed by atoms with van der Waals surface area (Å²) in [7, 11) is 0. The van der Waals surface area contributed by atoms with Crippen LogP contribution in [0.4, 0.5) is 5.69 Å². The van der Waals surface area contributed by atoms with Gasteiger partial charge in [0.25, 0.3) is 5.91 Å². The van der Waals surface area contributed by atoms with Crippen molar-refractivity contribution in [1.82, 2.24) is 9.88 Å². The smallest absolute Gasteiger partial charge is 0.324 e. The van der Waals surface area contributed by atoms with Crippen LogP contribution < -0.4 is 15.4 Å². The van der Waals surface area contributed by atoms with Gasteiger partial charge in [0.1, 0.15) is 6.04 Å². The van der Waals surface area contributed by atoms with Gasteiger partial charge in [0.05, 0.1) is 5.69 Å². The number of anilines is 1. The van der Waals surface area contributed by atoms with E-state index in [0.717, 1.165) is 19.4 Å². The van der Waals surface area contributed by atoms with Crippen LogP contribution in [-0.2, 0) is 21.1 Å². The summed E-state index contributed by atoms with van der Waals surface area (Å²) in [6.45, 7) is 6.79. The van der Waals surface area contributed by atoms with Crippen molar-refractivity contribution in [2.24, 2.45) is 10.4 Å². The maximum absolute atomic E-state index is 12.7. The van der Waals surface area contributed by atoms with Crippen molar-refractivity contribution in [3.63, 3.8) is 0 Å². The van der Waals surface area contributed by atoms with Crippen LogP contribution in [0, 0.1) is 5.41 Å². The van der Waals surface area contributed by atoms with Crippen molar-refractivity contribution in [3.8, 4) is 0 Å². The number of hydrogen-bond donors (Lipinski definition) is 2. The SMILES string of the molecule is CC(C)(C)CC(=O)Nc1ccc(C(=O)N=c2sccn2COC(=O)[C@@H]2CCCN2)cc1Br. The molecule has 0 aliphatic carbocycles. The molecule has 1 aliphatic heterocycles. The topological polar surface area (TPSA) is 102 Å². The quantitative estimate of drug-likeness (QED) is 0.563. The van der Waals surface area contributed by atoms with Crippen LogP contribution in [0.5, 0.6) is 0 Å². The molecule has 2 N–H and O–H groups in total. The zero-order valence-corrected chi connectivity index (χ0v) is 20.7. The van der Waals surface area contributed by atoms with E-state index in [1.54, 1.807) is 34.3 Å². The van der Waals surface area contributed by atoms with Gasteiger partial charge in [0.2, 0.25) is 5.91 Å². The number of amides is 2. The van der Waals surface area contributed by atoms with Gasteiger partial charge in [0.15, 0.2) is 11.5 Å². The Morgan fingerprint density at radius 3 is 2.78 bits per heavy atom. The van der Waals surface area contributed by atoms with E-state index in [4.69, 9.17) is 4.74 Å². The van der Waals surface area contributed by atoms with Crippen LogP contribution in [0.3, 0.4) is 0 Å². The molecule has 1 fully saturated rings. The van der Waals surface area contributed by atoms with Gasteiger partial charge in [-0.1, -0.05) is 20.8 Å². The molecule has 8 nitrogen and oxygen atoms in total. The number of esters is 1. The molecule has 0 bridgehead atoms. The highest BCUT2D eigenvalue weighted by atomic mass is 79.9. The van der Waals surface area contributed by atoms with E-state index in [9.17, 15) is 14.4 Å². The molecule has 3 rings (SSSR count). The Bertz CT molecular complexity index is 1060. The summed E-state index contributed by atoms with van der Waals surface area (Å²) < 4.78 is 7.57. The second-order valence-corrected chi connectivity index (χ2v) is 10.5. The molecule has 1 aromatic carbocycles. The Kier molecular flexibility index (Phi) is 8.02. The zero-order valence-electron chi connectivity index (χ0n) is 18.3. The summed E-state index contributed by atoms with van der Waals surface area (Å²) in [5, 5.41) is 7.73. The number of nitrogens with zero attached hydrogens (tertiary/aromatic N) is 2. The van der Waals surface area contributed by atoms with Crippen LogP contribution >= 0.6 is 27.3 Å². The highest BCUT2D eigenvalue weighted by Gasteiger charge is 2.23. The first-order chi connectivity index (χ1) is 15.1. The van der Waals surface area contributed by atoms with Crippen LogP contribution in [0.2, 0.25) is 0 Å². The Morgan fingerprint density at radius 2 is 2.12 bits per heavy atom. The van der Waals surface area contributed by atoms with Crippen LogP contribution in [-0.4, -0.2) is 34.9 Å². The van der Waals surface area contributed by atoms with Crippen molar-refractivity contribution in [3.05, 3.63) is 44.6 Å². The number of thiazole rings is 1. The third-order valence-corrected chi connectivity index (χ3v) is 6.18. The Labute approximate surface area is 199 Å². The first-order valence-electron chi connectivity index (χ1n) is 10.3. The van der Waals surface area contributed by atoms with Gasteiger partial charge in [0, 0.05) is 28.0 Å². The Balaban J connectivity index is 1.66. The zero-order chi connectivity index (χ0) is 23.3. The molecule has 1 aliphatic rings. The fourth-order valence-electron chi connectivity index (χ4n) is 3.18. The predicted molar refractivity (Wildman–Crippen MR) is 126 cm³/mol. The van der Waals surface area contributed by atoms with E-state index in [1.807, 2.05) is 20.8 Å². The van der Waals surface area contributed by atoms with E-state index in [0.29, 0.717) is 26.9 Å². The van der Waals surface area contributed by atoms with Crippen molar-refractivity contribution < 1.29 is 19.1 Å². The molecule has 2 amide bonds. The van der Waals surface area contributed by atoms with E-state index >= 15 is 0 Å². The molecule has 2 aromatic rings. The second kappa shape index (κ2) is 10.5. The van der Waals surface area contributed by atoms with E-state index in [1.165, 1.54) is 11.3 Å². The van der Waals surface area contributed by atoms with Gasteiger partial charge >= 0.3 is 5.97 Å². The summed E-state index contributed by atoms with van der Waals surface area (Å²) in [5.74, 6) is -0.825. The summed E-state index contributed by atoms with van der Waals surface area (Å²) in [6, 6.07) is 4.65. The van der Waals surface area contributed by atoms with E-state index in [2.05, 4.69) is 31.6 Å². The van der Waals surface area contributed by atoms with Crippen LogP contribution in [0.1, 0.15) is 50.4 Å². The highest BCUT2D eigenvalue weighted by Crippen LogP contribution is 2.26. The minimum Gasteiger partial charge on any atom is -0.443 e. The summed E-state index contributed by atoms with van der Waals surface area (Å²) in [5.41, 5.74) is 0.843. The average molecular weight is 523 g/mol. The lowest BCUT2D eigenvalue weighted by atomic mass is 9.92. The number of rotatable bonds is 6. The molecule has 1 saturated heterocycles. The number of carbonyl (C=O) groups excluding carboxylic acids is 3. The Morgan fingerprint density at radius 1 is 1.34 bits per heavy atom. The van der Waals surface area contributed by atoms with Crippen LogP contribution in [0.25, 0.3) is 0 Å². The molecule has 0 unspecified atom stereocenters. The molecule has 172 valence electrons. The molecule has 0 spiro atoms. The minimum atomic E-state index is -0.432. The van der Waals surface area contributed by atoms with Gasteiger partial charge in [-0.25, -0.2) is 0 Å². The lowest BCUT2D eigenvalue weighted by Gasteiger charge is -2.17. The molecule has 1 aromatic heterocycles. The molecular formula is C22H27BrN4O4S. The van der Waals surface area contributed by atoms with Gasteiger partial charge in [-0.15, -0.1) is 11.3 Å². The number of hydrogen-bond acceptors (Lipinski definition) is 6. The number of carbonyl (C=O) groups is 3. The molecule has 0 radical (unpaired) electrons. The third kappa shape index (κ3) is 6.85. The molecule has 10 heteroatoms. The lowest BCUT2D eigenvalue weighted by molar-refractivity contribution is -0.149. The van der Waals surface area contributed by atoms with E-state index in [-0.39, 0.29) is 30.1 Å². The lowest BCUT2D eigenvalue weighted by Crippen LogP contribution is -2.33. The fraction of sp³-hybridized carbons (Fsp3) is 0.455. The first kappa shape index (κ1) is 24.3. The van der Waals surface area contributed by atoms with Crippen molar-refractivity contribution >= 4 is 50.7 Å². The Hall–Kier alpha value is -2.30. The van der Waals surface area contributed by atoms with Crippen molar-refractivity contribution in [2.75, 3.05) is 11.9 Å². The minimum absolute atomic E-state index is 0.00489. The summed E-state index contributed by atoms with van der Waals surface area (Å²) in [6.07, 6.45) is 3.82. The van der Waals surface area contributed by atoms with Gasteiger partial charge < -0.3 is 15.4 Å². The first-order valence-corrected chi connectivity index (χ1v) is 12.0. The van der Waals surface area contributed by atoms with E-state index < -0.39 is 5.91 Å². The largest absolute Gasteiger partial charge is 0.443 e. The number of ether oxygens (including phenoxy) is 1. The average Bonchev–Trinajstić information content (AvgIpc) is 3.38. The summed E-state index contributed by atoms with van der Waals surface area (Å²) in [4.78, 5) is 41.6. The molecule has 1 atom stereocenters. The highest BCUT2D eigenvalue weighted by molar-refractivity contribution is 9.10. The number of nitrogens with one attached hydrogen (secondary N) is 2. The second-order valence-electron chi connectivity index (χ2n) is 8.79. The monoisotopic (exact) mass is 522 g/mol. The summed E-state index contributed by atoms with van der Waals surface area (Å²) >= 11 is 4.69. The molecule has 32 heavy (non-hydrogen) atoms. The fourth-order valence-corrected chi connectivity index (χ4v) is 4.37. The normalized spacial score (nSPS) is 16.8. The van der Waals surface area contributed by atoms with Gasteiger partial charge in [-0.2, -0.15) is 4.99 Å². The van der Waals surface area contributed by atoms with Crippen molar-refractivity contribution in [1.29, 1.82) is 0 Å². The molecule has 0 saturated carbocycles. The number of aromatic nitrogens is 1. The van der Waals surface area contributed by atoms with Crippen molar-refractivity contribution in [2.45, 2.75) is 52.8 Å². The maximum atomic E-state index is 12.7. The van der Waals surface area contributed by atoms with Gasteiger partial charge in [-0.3, -0.25) is 19.0 Å². The number of halogens is 1. The standard InChI is InChI=1S/C22H27BrN4O4S/c1-22(2,3)12-18(28)25-16-7-6-14(11-15(16)23)19(29)26-21-27(9-10-32-21)13-31-20(30)17-5-4-8-24-17/h6-7,9-11,17,24H,4-5,8,12-13H2,1-3H3,(H,25,28)/t17-/m0/s1. The third-order valence-electron chi connectivity index (χ3n) is 4.73. The van der Waals surface area contributed by atoms with Gasteiger partial charge in [-0.05, 0) is 58.9 Å². The molecular weight excluding hydrogens is 496 g/mol. The molecule has 2 heterocycles.